The number of rotatable bonds is 6. The van der Waals surface area contributed by atoms with Gasteiger partial charge in [0.05, 0.1) is 11.1 Å². The predicted octanol–water partition coefficient (Wildman–Crippen LogP) is 2.43. The van der Waals surface area contributed by atoms with E-state index in [0.29, 0.717) is 16.0 Å². The first-order valence-corrected chi connectivity index (χ1v) is 8.69. The fraction of sp³-hybridized carbons (Fsp3) is 0.231. The average molecular weight is 405 g/mol. The molecule has 0 radical (unpaired) electrons. The molecule has 0 amide bonds. The first-order valence-electron chi connectivity index (χ1n) is 6.51. The van der Waals surface area contributed by atoms with Crippen molar-refractivity contribution < 1.29 is 17.4 Å². The molecular formula is C13H14BrFN4O3S. The third-order valence-corrected chi connectivity index (χ3v) is 4.17. The highest BCUT2D eigenvalue weighted by Crippen LogP contribution is 2.24. The maximum absolute atomic E-state index is 13.0. The van der Waals surface area contributed by atoms with Gasteiger partial charge in [-0.1, -0.05) is 6.07 Å². The highest BCUT2D eigenvalue weighted by Gasteiger charge is 2.13. The Hall–Kier alpha value is -1.78. The zero-order chi connectivity index (χ0) is 17.0. The van der Waals surface area contributed by atoms with Crippen LogP contribution in [0.1, 0.15) is 6.92 Å². The van der Waals surface area contributed by atoms with E-state index in [4.69, 9.17) is 5.11 Å². The Bertz CT molecular complexity index is 804. The molecule has 124 valence electrons. The molecule has 0 spiro atoms. The van der Waals surface area contributed by atoms with Crippen LogP contribution < -0.4 is 10.6 Å². The van der Waals surface area contributed by atoms with Crippen LogP contribution in [0.2, 0.25) is 0 Å². The van der Waals surface area contributed by atoms with Crippen LogP contribution in [0.5, 0.6) is 0 Å². The van der Waals surface area contributed by atoms with Crippen molar-refractivity contribution in [1.29, 1.82) is 0 Å². The maximum atomic E-state index is 13.0. The van der Waals surface area contributed by atoms with Gasteiger partial charge in [0.1, 0.15) is 10.7 Å². The van der Waals surface area contributed by atoms with Crippen molar-refractivity contribution in [3.8, 4) is 0 Å². The van der Waals surface area contributed by atoms with Gasteiger partial charge in [-0.3, -0.25) is 0 Å². The largest absolute Gasteiger partial charge is 0.394 e. The number of halogens is 2. The highest BCUT2D eigenvalue weighted by atomic mass is 79.9. The van der Waals surface area contributed by atoms with Gasteiger partial charge in [-0.15, -0.1) is 3.89 Å². The van der Waals surface area contributed by atoms with Gasteiger partial charge in [-0.2, -0.15) is 13.4 Å². The normalized spacial score (nSPS) is 12.7. The van der Waals surface area contributed by atoms with Crippen LogP contribution in [0.15, 0.2) is 39.8 Å². The second-order valence-electron chi connectivity index (χ2n) is 4.71. The lowest BCUT2D eigenvalue weighted by molar-refractivity contribution is 0.281. The summed E-state index contributed by atoms with van der Waals surface area (Å²) in [6, 6.07) is 5.04. The summed E-state index contributed by atoms with van der Waals surface area (Å²) in [5.41, 5.74) is 0.326. The second-order valence-corrected chi connectivity index (χ2v) is 6.91. The van der Waals surface area contributed by atoms with Gasteiger partial charge in [-0.25, -0.2) is 4.98 Å². The minimum atomic E-state index is -4.78. The van der Waals surface area contributed by atoms with Crippen molar-refractivity contribution in [2.24, 2.45) is 0 Å². The molecule has 1 heterocycles. The molecule has 0 aliphatic rings. The zero-order valence-electron chi connectivity index (χ0n) is 12.0. The molecule has 0 saturated carbocycles. The Morgan fingerprint density at radius 3 is 2.83 bits per heavy atom. The maximum Gasteiger partial charge on any atom is 0.332 e. The molecule has 0 bridgehead atoms. The first-order chi connectivity index (χ1) is 10.8. The minimum Gasteiger partial charge on any atom is -0.394 e. The Morgan fingerprint density at radius 1 is 1.43 bits per heavy atom. The molecule has 0 aliphatic carbocycles. The van der Waals surface area contributed by atoms with Gasteiger partial charge in [0.25, 0.3) is 0 Å². The van der Waals surface area contributed by atoms with Crippen LogP contribution in [-0.4, -0.2) is 36.1 Å². The summed E-state index contributed by atoms with van der Waals surface area (Å²) in [6.07, 6.45) is 1.50. The third-order valence-electron chi connectivity index (χ3n) is 2.77. The topological polar surface area (TPSA) is 104 Å². The lowest BCUT2D eigenvalue weighted by Crippen LogP contribution is -2.20. The quantitative estimate of drug-likeness (QED) is 0.634. The number of anilines is 3. The molecule has 7 nitrogen and oxygen atoms in total. The number of aliphatic hydroxyl groups excluding tert-OH is 1. The zero-order valence-corrected chi connectivity index (χ0v) is 14.4. The lowest BCUT2D eigenvalue weighted by Gasteiger charge is -2.14. The van der Waals surface area contributed by atoms with Gasteiger partial charge in [0.2, 0.25) is 5.95 Å². The van der Waals surface area contributed by atoms with Crippen LogP contribution >= 0.6 is 15.9 Å². The number of hydrogen-bond acceptors (Lipinski definition) is 7. The smallest absolute Gasteiger partial charge is 0.332 e. The molecule has 1 aromatic heterocycles. The van der Waals surface area contributed by atoms with Gasteiger partial charge in [0.15, 0.2) is 0 Å². The van der Waals surface area contributed by atoms with E-state index in [-0.39, 0.29) is 18.6 Å². The van der Waals surface area contributed by atoms with Gasteiger partial charge >= 0.3 is 10.2 Å². The van der Waals surface area contributed by atoms with E-state index in [1.807, 2.05) is 0 Å². The molecule has 0 saturated heterocycles. The number of nitrogens with one attached hydrogen (secondary N) is 2. The van der Waals surface area contributed by atoms with E-state index in [9.17, 15) is 12.3 Å². The third kappa shape index (κ3) is 4.85. The van der Waals surface area contributed by atoms with Crippen molar-refractivity contribution in [3.05, 3.63) is 34.9 Å². The van der Waals surface area contributed by atoms with Crippen molar-refractivity contribution in [1.82, 2.24) is 9.97 Å². The van der Waals surface area contributed by atoms with Crippen LogP contribution in [-0.2, 0) is 10.2 Å². The molecule has 23 heavy (non-hydrogen) atoms. The summed E-state index contributed by atoms with van der Waals surface area (Å²) < 4.78 is 35.5. The van der Waals surface area contributed by atoms with Crippen LogP contribution in [0.4, 0.5) is 21.3 Å². The van der Waals surface area contributed by atoms with Crippen LogP contribution in [0.25, 0.3) is 0 Å². The Balaban J connectivity index is 2.25. The monoisotopic (exact) mass is 404 g/mol. The summed E-state index contributed by atoms with van der Waals surface area (Å²) in [5.74, 6) is 0.646. The molecular weight excluding hydrogens is 391 g/mol. The van der Waals surface area contributed by atoms with Crippen molar-refractivity contribution in [2.75, 3.05) is 17.2 Å². The Kier molecular flexibility index (Phi) is 5.50. The molecule has 1 atom stereocenters. The van der Waals surface area contributed by atoms with E-state index in [2.05, 4.69) is 36.5 Å². The van der Waals surface area contributed by atoms with E-state index < -0.39 is 15.1 Å². The van der Waals surface area contributed by atoms with Crippen molar-refractivity contribution in [3.63, 3.8) is 0 Å². The summed E-state index contributed by atoms with van der Waals surface area (Å²) in [6.45, 7) is 1.70. The molecule has 2 aromatic rings. The lowest BCUT2D eigenvalue weighted by atomic mass is 10.3. The number of benzene rings is 1. The van der Waals surface area contributed by atoms with E-state index >= 15 is 0 Å². The minimum absolute atomic E-state index is 0.0738. The SMILES string of the molecule is C[C@H](CO)Nc1nc(Nc2cccc(S(=O)(=O)F)c2)ncc1Br. The molecule has 0 fully saturated rings. The van der Waals surface area contributed by atoms with Gasteiger partial charge in [0, 0.05) is 17.9 Å². The standard InChI is InChI=1S/C13H14BrFN4O3S/c1-8(7-20)17-12-11(14)6-16-13(19-12)18-9-3-2-4-10(5-9)23(15,21)22/h2-6,8,20H,7H2,1H3,(H2,16,17,18,19)/t8-/m1/s1. The van der Waals surface area contributed by atoms with Gasteiger partial charge < -0.3 is 15.7 Å². The molecule has 3 N–H and O–H groups in total. The molecule has 0 aliphatic heterocycles. The summed E-state index contributed by atoms with van der Waals surface area (Å²) in [7, 11) is -4.78. The van der Waals surface area contributed by atoms with Gasteiger partial charge in [-0.05, 0) is 41.1 Å². The first kappa shape index (κ1) is 17.6. The van der Waals surface area contributed by atoms with Crippen LogP contribution in [0.3, 0.4) is 0 Å². The Labute approximate surface area is 141 Å². The molecule has 0 unspecified atom stereocenters. The van der Waals surface area contributed by atoms with E-state index in [1.165, 1.54) is 12.3 Å². The molecule has 1 aromatic carbocycles. The van der Waals surface area contributed by atoms with E-state index in [1.54, 1.807) is 13.0 Å². The summed E-state index contributed by atoms with van der Waals surface area (Å²) >= 11 is 3.29. The average Bonchev–Trinajstić information content (AvgIpc) is 2.50. The van der Waals surface area contributed by atoms with Crippen LogP contribution in [0, 0.1) is 0 Å². The summed E-state index contributed by atoms with van der Waals surface area (Å²) in [4.78, 5) is 7.81. The molecule has 2 rings (SSSR count). The highest BCUT2D eigenvalue weighted by molar-refractivity contribution is 9.10. The fourth-order valence-electron chi connectivity index (χ4n) is 1.66. The summed E-state index contributed by atoms with van der Waals surface area (Å²) in [5, 5.41) is 14.8. The predicted molar refractivity (Wildman–Crippen MR) is 87.9 cm³/mol. The fourth-order valence-corrected chi connectivity index (χ4v) is 2.48. The number of hydrogen-bond donors (Lipinski definition) is 3. The van der Waals surface area contributed by atoms with Crippen molar-refractivity contribution in [2.45, 2.75) is 17.9 Å². The Morgan fingerprint density at radius 2 is 2.17 bits per heavy atom. The number of aliphatic hydroxyl groups is 1. The number of nitrogens with zero attached hydrogens (tertiary/aromatic N) is 2. The second kappa shape index (κ2) is 7.20. The number of aromatic nitrogens is 2. The molecule has 10 heteroatoms. The van der Waals surface area contributed by atoms with E-state index in [0.717, 1.165) is 12.1 Å². The van der Waals surface area contributed by atoms with Crippen molar-refractivity contribution >= 4 is 43.6 Å².